The van der Waals surface area contributed by atoms with Crippen molar-refractivity contribution in [2.24, 2.45) is 0 Å². The number of rotatable bonds is 16. The Labute approximate surface area is 282 Å². The van der Waals surface area contributed by atoms with Crippen molar-refractivity contribution in [3.8, 4) is 0 Å². The number of aliphatic hydroxyl groups is 11. The van der Waals surface area contributed by atoms with Gasteiger partial charge in [-0.25, -0.2) is 9.13 Å². The van der Waals surface area contributed by atoms with Crippen molar-refractivity contribution in [2.75, 3.05) is 26.4 Å². The molecule has 3 fully saturated rings. The molecule has 0 unspecified atom stereocenters. The van der Waals surface area contributed by atoms with Crippen molar-refractivity contribution in [3.63, 3.8) is 0 Å². The fourth-order valence-corrected chi connectivity index (χ4v) is 6.14. The Morgan fingerprint density at radius 2 is 1.16 bits per heavy atom. The minimum Gasteiger partial charge on any atom is -0.394 e. The molecular formula is C23H44O25P2. The maximum atomic E-state index is 11.6. The second kappa shape index (κ2) is 18.2. The van der Waals surface area contributed by atoms with E-state index in [1.807, 2.05) is 0 Å². The van der Waals surface area contributed by atoms with Gasteiger partial charge in [-0.05, 0) is 6.92 Å². The zero-order valence-electron chi connectivity index (χ0n) is 25.9. The smallest absolute Gasteiger partial charge is 0.394 e. The van der Waals surface area contributed by atoms with Gasteiger partial charge < -0.3 is 104 Å². The summed E-state index contributed by atoms with van der Waals surface area (Å²) < 4.78 is 64.2. The highest BCUT2D eigenvalue weighted by Gasteiger charge is 2.55. The highest BCUT2D eigenvalue weighted by molar-refractivity contribution is 7.46. The molecule has 0 aromatic carbocycles. The SMILES string of the molecule is C[C@@H]1O[C@@H](O[C@H](COP(=O)(O)O)[C@@H](O)[C@@H](O)CO)[C@H](O)[C@H](O[C@H]2O[C@H](CO)[C@@H](O)[C@H](O[C@H]3O[C@H](CO)[C@H](O)[C@H](O)[C@H]3OP(=O)(O)O)[C@H]2O)[C@H]1O. The van der Waals surface area contributed by atoms with Gasteiger partial charge in [0, 0.05) is 0 Å². The summed E-state index contributed by atoms with van der Waals surface area (Å²) in [6.07, 6.45) is -35.2. The lowest BCUT2D eigenvalue weighted by Crippen LogP contribution is -2.67. The quantitative estimate of drug-likeness (QED) is 0.0646. The Hall–Kier alpha value is -0.460. The fourth-order valence-electron chi connectivity index (χ4n) is 5.26. The van der Waals surface area contributed by atoms with Gasteiger partial charge in [0.15, 0.2) is 18.9 Å². The molecule has 27 heteroatoms. The van der Waals surface area contributed by atoms with Crippen molar-refractivity contribution in [1.29, 1.82) is 0 Å². The lowest BCUT2D eigenvalue weighted by atomic mass is 9.96. The molecule has 3 aliphatic heterocycles. The van der Waals surface area contributed by atoms with Crippen LogP contribution in [-0.4, -0.2) is 213 Å². The van der Waals surface area contributed by atoms with Crippen LogP contribution in [0.1, 0.15) is 6.92 Å². The van der Waals surface area contributed by atoms with Crippen LogP contribution in [0.5, 0.6) is 0 Å². The summed E-state index contributed by atoms with van der Waals surface area (Å²) in [4.78, 5) is 36.8. The molecule has 0 amide bonds. The van der Waals surface area contributed by atoms with Gasteiger partial charge in [-0.1, -0.05) is 0 Å². The van der Waals surface area contributed by atoms with Crippen LogP contribution in [0.4, 0.5) is 0 Å². The van der Waals surface area contributed by atoms with Crippen LogP contribution in [-0.2, 0) is 46.6 Å². The van der Waals surface area contributed by atoms with E-state index in [0.717, 1.165) is 0 Å². The molecule has 0 bridgehead atoms. The van der Waals surface area contributed by atoms with E-state index in [1.54, 1.807) is 0 Å². The summed E-state index contributed by atoms with van der Waals surface area (Å²) in [5, 5.41) is 113. The molecule has 0 aromatic rings. The van der Waals surface area contributed by atoms with E-state index in [-0.39, 0.29) is 0 Å². The molecule has 3 heterocycles. The molecule has 50 heavy (non-hydrogen) atoms. The first-order valence-electron chi connectivity index (χ1n) is 14.8. The number of phosphoric acid groups is 2. The molecular weight excluding hydrogens is 738 g/mol. The van der Waals surface area contributed by atoms with Gasteiger partial charge in [-0.15, -0.1) is 0 Å². The third-order valence-corrected chi connectivity index (χ3v) is 8.95. The second-order valence-corrected chi connectivity index (χ2v) is 14.0. The largest absolute Gasteiger partial charge is 0.470 e. The van der Waals surface area contributed by atoms with Crippen LogP contribution in [0, 0.1) is 0 Å². The van der Waals surface area contributed by atoms with Gasteiger partial charge in [0.25, 0.3) is 0 Å². The summed E-state index contributed by atoms with van der Waals surface area (Å²) in [6.45, 7) is -2.92. The number of hydrogen-bond donors (Lipinski definition) is 15. The lowest BCUT2D eigenvalue weighted by molar-refractivity contribution is -0.381. The molecule has 0 radical (unpaired) electrons. The minimum absolute atomic E-state index is 0.964. The molecule has 0 aromatic heterocycles. The van der Waals surface area contributed by atoms with Crippen molar-refractivity contribution >= 4 is 15.6 Å². The van der Waals surface area contributed by atoms with Crippen molar-refractivity contribution in [1.82, 2.24) is 0 Å². The zero-order chi connectivity index (χ0) is 37.9. The standard InChI is InChI=1S/C23H44O25P2/c1-6-11(28)18(16(33)21(42-6)45-10(5-41-49(35,36)37)12(29)7(27)2-24)46-22-17(34)19(14(31)9(4-26)43-22)47-23-20(48-50(38,39)40)15(32)13(30)8(3-25)44-23/h6-34H,2-5H2,1H3,(H2,35,36,37)(H2,38,39,40)/t6-,7-,8+,9+,10+,11-,12-,13-,14+,15-,16+,17+,18+,19-,20+,21-,22+,23+/m0/s1. The Bertz CT molecular complexity index is 1140. The summed E-state index contributed by atoms with van der Waals surface area (Å²) in [5.41, 5.74) is 0. The number of ether oxygens (including phenoxy) is 6. The Morgan fingerprint density at radius 1 is 0.640 bits per heavy atom. The molecule has 0 spiro atoms. The van der Waals surface area contributed by atoms with E-state index in [9.17, 15) is 75.1 Å². The highest BCUT2D eigenvalue weighted by atomic mass is 31.2. The minimum atomic E-state index is -5.44. The lowest BCUT2D eigenvalue weighted by Gasteiger charge is -2.48. The molecule has 15 N–H and O–H groups in total. The van der Waals surface area contributed by atoms with Crippen LogP contribution >= 0.6 is 15.6 Å². The average molecular weight is 783 g/mol. The van der Waals surface area contributed by atoms with E-state index in [0.29, 0.717) is 0 Å². The molecule has 3 aliphatic rings. The first-order chi connectivity index (χ1) is 23.1. The normalized spacial score (nSPS) is 42.2. The number of phosphoric ester groups is 2. The predicted octanol–water partition coefficient (Wildman–Crippen LogP) is -8.21. The van der Waals surface area contributed by atoms with Crippen molar-refractivity contribution < 1.29 is 122 Å². The third kappa shape index (κ3) is 11.0. The van der Waals surface area contributed by atoms with Gasteiger partial charge in [-0.2, -0.15) is 0 Å². The topological polar surface area (TPSA) is 411 Å². The summed E-state index contributed by atoms with van der Waals surface area (Å²) in [5.74, 6) is 0. The first-order valence-corrected chi connectivity index (χ1v) is 17.8. The highest BCUT2D eigenvalue weighted by Crippen LogP contribution is 2.42. The number of aliphatic hydroxyl groups excluding tert-OH is 11. The first kappa shape index (κ1) is 43.9. The number of hydrogen-bond acceptors (Lipinski definition) is 21. The van der Waals surface area contributed by atoms with E-state index >= 15 is 0 Å². The maximum Gasteiger partial charge on any atom is 0.470 e. The predicted molar refractivity (Wildman–Crippen MR) is 151 cm³/mol. The van der Waals surface area contributed by atoms with Crippen molar-refractivity contribution in [3.05, 3.63) is 0 Å². The fraction of sp³-hybridized carbons (Fsp3) is 1.00. The van der Waals surface area contributed by atoms with Gasteiger partial charge in [-0.3, -0.25) is 9.05 Å². The molecule has 25 nitrogen and oxygen atoms in total. The molecule has 3 saturated heterocycles. The van der Waals surface area contributed by atoms with Gasteiger partial charge in [0.05, 0.1) is 32.5 Å². The Kier molecular flexibility index (Phi) is 16.0. The van der Waals surface area contributed by atoms with Crippen LogP contribution in [0.15, 0.2) is 0 Å². The Morgan fingerprint density at radius 3 is 1.70 bits per heavy atom. The van der Waals surface area contributed by atoms with Gasteiger partial charge in [0.2, 0.25) is 0 Å². The Balaban J connectivity index is 1.86. The maximum absolute atomic E-state index is 11.6. The zero-order valence-corrected chi connectivity index (χ0v) is 27.7. The van der Waals surface area contributed by atoms with Crippen LogP contribution in [0.3, 0.4) is 0 Å². The molecule has 0 saturated carbocycles. The van der Waals surface area contributed by atoms with Crippen LogP contribution in [0.25, 0.3) is 0 Å². The average Bonchev–Trinajstić information content (AvgIpc) is 3.04. The van der Waals surface area contributed by atoms with E-state index in [4.69, 9.17) is 38.2 Å². The molecule has 296 valence electrons. The molecule has 18 atom stereocenters. The summed E-state index contributed by atoms with van der Waals surface area (Å²) >= 11 is 0. The van der Waals surface area contributed by atoms with Crippen LogP contribution < -0.4 is 0 Å². The van der Waals surface area contributed by atoms with Crippen molar-refractivity contribution in [2.45, 2.75) is 117 Å². The van der Waals surface area contributed by atoms with Crippen LogP contribution in [0.2, 0.25) is 0 Å². The van der Waals surface area contributed by atoms with E-state index in [2.05, 4.69) is 9.05 Å². The molecule has 3 rings (SSSR count). The second-order valence-electron chi connectivity index (χ2n) is 11.6. The monoisotopic (exact) mass is 782 g/mol. The summed E-state index contributed by atoms with van der Waals surface area (Å²) in [7, 11) is -10.6. The molecule has 0 aliphatic carbocycles. The van der Waals surface area contributed by atoms with E-state index in [1.165, 1.54) is 6.92 Å². The van der Waals surface area contributed by atoms with Gasteiger partial charge in [0.1, 0.15) is 85.5 Å². The third-order valence-electron chi connectivity index (χ3n) is 7.95. The van der Waals surface area contributed by atoms with Gasteiger partial charge >= 0.3 is 15.6 Å². The van der Waals surface area contributed by atoms with E-state index < -0.39 is 153 Å². The summed E-state index contributed by atoms with van der Waals surface area (Å²) in [6, 6.07) is 0.